The highest BCUT2D eigenvalue weighted by Gasteiger charge is 2.26. The minimum atomic E-state index is -4.30. The molecule has 0 unspecified atom stereocenters. The van der Waals surface area contributed by atoms with E-state index in [0.717, 1.165) is 6.07 Å². The fourth-order valence-corrected chi connectivity index (χ4v) is 1.79. The van der Waals surface area contributed by atoms with Gasteiger partial charge in [-0.05, 0) is 36.1 Å². The average molecular weight is 249 g/mol. The van der Waals surface area contributed by atoms with E-state index in [-0.39, 0.29) is 11.6 Å². The Morgan fingerprint density at radius 1 is 1.24 bits per heavy atom. The summed E-state index contributed by atoms with van der Waals surface area (Å²) in [7, 11) is 0. The summed E-state index contributed by atoms with van der Waals surface area (Å²) in [6, 6.07) is 2.64. The molecule has 17 heavy (non-hydrogen) atoms. The van der Waals surface area contributed by atoms with Crippen molar-refractivity contribution >= 4 is 5.69 Å². The molecule has 1 rings (SSSR count). The second kappa shape index (κ2) is 4.94. The lowest BCUT2D eigenvalue weighted by atomic mass is 9.97. The van der Waals surface area contributed by atoms with E-state index in [2.05, 4.69) is 5.32 Å². The fourth-order valence-electron chi connectivity index (χ4n) is 1.79. The molecule has 0 aliphatic rings. The van der Waals surface area contributed by atoms with E-state index < -0.39 is 18.5 Å². The molecule has 0 heterocycles. The highest BCUT2D eigenvalue weighted by atomic mass is 19.4. The van der Waals surface area contributed by atoms with Crippen LogP contribution in [0.15, 0.2) is 12.1 Å². The van der Waals surface area contributed by atoms with E-state index in [1.165, 1.54) is 6.07 Å². The van der Waals surface area contributed by atoms with Gasteiger partial charge in [0, 0.05) is 5.69 Å². The molecule has 0 aliphatic carbocycles. The van der Waals surface area contributed by atoms with Crippen LogP contribution in [-0.2, 0) is 0 Å². The topological polar surface area (TPSA) is 12.0 Å². The van der Waals surface area contributed by atoms with Gasteiger partial charge in [0.25, 0.3) is 0 Å². The second-order valence-electron chi connectivity index (χ2n) is 4.31. The maximum atomic E-state index is 13.7. The molecular weight excluding hydrogens is 234 g/mol. The molecule has 1 nitrogen and oxygen atoms in total. The van der Waals surface area contributed by atoms with Gasteiger partial charge < -0.3 is 5.32 Å². The maximum absolute atomic E-state index is 13.7. The minimum Gasteiger partial charge on any atom is -0.376 e. The number of rotatable bonds is 3. The smallest absolute Gasteiger partial charge is 0.376 e. The van der Waals surface area contributed by atoms with Crippen molar-refractivity contribution in [1.29, 1.82) is 0 Å². The van der Waals surface area contributed by atoms with Crippen LogP contribution in [-0.4, -0.2) is 12.7 Å². The molecule has 0 aromatic heterocycles. The zero-order chi connectivity index (χ0) is 13.2. The van der Waals surface area contributed by atoms with Gasteiger partial charge in [-0.1, -0.05) is 13.8 Å². The summed E-state index contributed by atoms with van der Waals surface area (Å²) < 4.78 is 49.6. The first kappa shape index (κ1) is 13.8. The number of benzene rings is 1. The van der Waals surface area contributed by atoms with Crippen molar-refractivity contribution in [3.63, 3.8) is 0 Å². The normalized spacial score (nSPS) is 12.0. The summed E-state index contributed by atoms with van der Waals surface area (Å²) in [5, 5.41) is 2.17. The van der Waals surface area contributed by atoms with Gasteiger partial charge in [0.2, 0.25) is 0 Å². The molecule has 0 atom stereocenters. The van der Waals surface area contributed by atoms with Crippen LogP contribution in [0.1, 0.15) is 30.9 Å². The Kier molecular flexibility index (Phi) is 4.01. The first-order valence-corrected chi connectivity index (χ1v) is 5.31. The van der Waals surface area contributed by atoms with Crippen LogP contribution in [0.4, 0.5) is 23.2 Å². The number of anilines is 1. The van der Waals surface area contributed by atoms with E-state index in [1.54, 1.807) is 6.92 Å². The molecule has 0 spiro atoms. The Morgan fingerprint density at radius 2 is 1.82 bits per heavy atom. The zero-order valence-corrected chi connectivity index (χ0v) is 9.95. The summed E-state index contributed by atoms with van der Waals surface area (Å²) in [5.41, 5.74) is 1.36. The third-order valence-electron chi connectivity index (χ3n) is 2.41. The molecule has 0 aliphatic heterocycles. The Hall–Kier alpha value is -1.26. The first-order chi connectivity index (χ1) is 7.70. The molecule has 0 bridgehead atoms. The second-order valence-corrected chi connectivity index (χ2v) is 4.31. The lowest BCUT2D eigenvalue weighted by Crippen LogP contribution is -2.21. The SMILES string of the molecule is Cc1cc(NCC(F)(F)F)cc(F)c1C(C)C. The molecule has 96 valence electrons. The largest absolute Gasteiger partial charge is 0.405 e. The van der Waals surface area contributed by atoms with E-state index >= 15 is 0 Å². The number of alkyl halides is 3. The number of nitrogens with one attached hydrogen (secondary N) is 1. The van der Waals surface area contributed by atoms with Crippen LogP contribution in [0.25, 0.3) is 0 Å². The monoisotopic (exact) mass is 249 g/mol. The van der Waals surface area contributed by atoms with E-state index in [0.29, 0.717) is 11.1 Å². The molecule has 0 radical (unpaired) electrons. The summed E-state index contributed by atoms with van der Waals surface area (Å²) in [4.78, 5) is 0. The molecular formula is C12H15F4N. The van der Waals surface area contributed by atoms with Crippen LogP contribution in [0.2, 0.25) is 0 Å². The van der Waals surface area contributed by atoms with Gasteiger partial charge in [-0.2, -0.15) is 13.2 Å². The number of aryl methyl sites for hydroxylation is 1. The van der Waals surface area contributed by atoms with Gasteiger partial charge in [-0.25, -0.2) is 4.39 Å². The maximum Gasteiger partial charge on any atom is 0.405 e. The molecule has 5 heteroatoms. The van der Waals surface area contributed by atoms with Crippen LogP contribution >= 0.6 is 0 Å². The Labute approximate surface area is 97.8 Å². The van der Waals surface area contributed by atoms with Crippen LogP contribution in [0, 0.1) is 12.7 Å². The quantitative estimate of drug-likeness (QED) is 0.790. The summed E-state index contributed by atoms with van der Waals surface area (Å²) in [6.45, 7) is 4.21. The highest BCUT2D eigenvalue weighted by Crippen LogP contribution is 2.26. The molecule has 0 saturated heterocycles. The van der Waals surface area contributed by atoms with Gasteiger partial charge in [0.05, 0.1) is 0 Å². The molecule has 0 saturated carbocycles. The Bertz CT molecular complexity index is 373. The first-order valence-electron chi connectivity index (χ1n) is 5.31. The molecule has 1 aromatic carbocycles. The van der Waals surface area contributed by atoms with Gasteiger partial charge in [0.1, 0.15) is 12.4 Å². The van der Waals surface area contributed by atoms with Crippen LogP contribution < -0.4 is 5.32 Å². The Balaban J connectivity index is 2.91. The highest BCUT2D eigenvalue weighted by molar-refractivity contribution is 5.50. The third-order valence-corrected chi connectivity index (χ3v) is 2.41. The van der Waals surface area contributed by atoms with Crippen molar-refractivity contribution in [2.45, 2.75) is 32.9 Å². The third kappa shape index (κ3) is 3.91. The summed E-state index contributed by atoms with van der Waals surface area (Å²) in [5.74, 6) is -0.462. The minimum absolute atomic E-state index is 0.00617. The molecule has 0 amide bonds. The number of hydrogen-bond donors (Lipinski definition) is 1. The van der Waals surface area contributed by atoms with Gasteiger partial charge in [-0.3, -0.25) is 0 Å². The molecule has 0 fully saturated rings. The predicted octanol–water partition coefficient (Wildman–Crippen LogP) is 4.23. The lowest BCUT2D eigenvalue weighted by Gasteiger charge is -2.15. The summed E-state index contributed by atoms with van der Waals surface area (Å²) in [6.07, 6.45) is -4.30. The fraction of sp³-hybridized carbons (Fsp3) is 0.500. The van der Waals surface area contributed by atoms with Crippen molar-refractivity contribution in [2.24, 2.45) is 0 Å². The van der Waals surface area contributed by atoms with Crippen molar-refractivity contribution < 1.29 is 17.6 Å². The van der Waals surface area contributed by atoms with Crippen molar-refractivity contribution in [2.75, 3.05) is 11.9 Å². The van der Waals surface area contributed by atoms with Crippen molar-refractivity contribution in [1.82, 2.24) is 0 Å². The standard InChI is InChI=1S/C12H15F4N/c1-7(2)11-8(3)4-9(5-10(11)13)17-6-12(14,15)16/h4-5,7,17H,6H2,1-3H3. The zero-order valence-electron chi connectivity index (χ0n) is 9.95. The van der Waals surface area contributed by atoms with Crippen molar-refractivity contribution in [3.05, 3.63) is 29.1 Å². The van der Waals surface area contributed by atoms with Gasteiger partial charge >= 0.3 is 6.18 Å². The van der Waals surface area contributed by atoms with E-state index in [4.69, 9.17) is 0 Å². The van der Waals surface area contributed by atoms with Crippen LogP contribution in [0.5, 0.6) is 0 Å². The number of hydrogen-bond acceptors (Lipinski definition) is 1. The van der Waals surface area contributed by atoms with Crippen molar-refractivity contribution in [3.8, 4) is 0 Å². The van der Waals surface area contributed by atoms with Gasteiger partial charge in [0.15, 0.2) is 0 Å². The van der Waals surface area contributed by atoms with Crippen LogP contribution in [0.3, 0.4) is 0 Å². The molecule has 1 N–H and O–H groups in total. The average Bonchev–Trinajstić information content (AvgIpc) is 2.11. The number of halogens is 4. The van der Waals surface area contributed by atoms with E-state index in [9.17, 15) is 17.6 Å². The predicted molar refractivity (Wildman–Crippen MR) is 59.8 cm³/mol. The Morgan fingerprint density at radius 3 is 2.24 bits per heavy atom. The lowest BCUT2D eigenvalue weighted by molar-refractivity contribution is -0.115. The van der Waals surface area contributed by atoms with Gasteiger partial charge in [-0.15, -0.1) is 0 Å². The molecule has 1 aromatic rings. The van der Waals surface area contributed by atoms with E-state index in [1.807, 2.05) is 13.8 Å². The summed E-state index contributed by atoms with van der Waals surface area (Å²) >= 11 is 0.